The fourth-order valence-electron chi connectivity index (χ4n) is 1.59. The van der Waals surface area contributed by atoms with Gasteiger partial charge in [-0.3, -0.25) is 9.59 Å². The Labute approximate surface area is 115 Å². The Morgan fingerprint density at radius 3 is 2.45 bits per heavy atom. The molecule has 1 saturated heterocycles. The minimum Gasteiger partial charge on any atom is -0.478 e. The topological polar surface area (TPSA) is 122 Å². The second kappa shape index (κ2) is 6.69. The third kappa shape index (κ3) is 4.38. The molecule has 0 unspecified atom stereocenters. The van der Waals surface area contributed by atoms with Crippen molar-refractivity contribution >= 4 is 23.8 Å². The van der Waals surface area contributed by atoms with Crippen LogP contribution in [0.5, 0.6) is 0 Å². The van der Waals surface area contributed by atoms with Crippen LogP contribution in [0, 0.1) is 5.92 Å². The molecule has 1 fully saturated rings. The van der Waals surface area contributed by atoms with E-state index in [1.54, 1.807) is 13.8 Å². The molecule has 3 N–H and O–H groups in total. The summed E-state index contributed by atoms with van der Waals surface area (Å²) in [5.74, 6) is -3.04. The van der Waals surface area contributed by atoms with Gasteiger partial charge in [-0.2, -0.15) is 0 Å². The maximum absolute atomic E-state index is 11.7. The number of aliphatic carboxylic acids is 1. The summed E-state index contributed by atoms with van der Waals surface area (Å²) in [7, 11) is 0. The molecule has 1 aliphatic heterocycles. The molecule has 0 saturated carbocycles. The maximum Gasteiger partial charge on any atom is 0.331 e. The van der Waals surface area contributed by atoms with E-state index in [4.69, 9.17) is 5.11 Å². The minimum absolute atomic E-state index is 0.0547. The van der Waals surface area contributed by atoms with E-state index in [0.717, 1.165) is 6.08 Å². The average molecular weight is 284 g/mol. The van der Waals surface area contributed by atoms with Crippen molar-refractivity contribution < 1.29 is 29.0 Å². The van der Waals surface area contributed by atoms with Gasteiger partial charge in [0.05, 0.1) is 0 Å². The van der Waals surface area contributed by atoms with Crippen molar-refractivity contribution in [2.24, 2.45) is 5.92 Å². The summed E-state index contributed by atoms with van der Waals surface area (Å²) in [6.07, 6.45) is 1.35. The summed E-state index contributed by atoms with van der Waals surface area (Å²) in [6, 6.07) is -1.58. The van der Waals surface area contributed by atoms with Gasteiger partial charge in [0.25, 0.3) is 0 Å². The number of hydrogen-bond donors (Lipinski definition) is 3. The molecule has 8 nitrogen and oxygen atoms in total. The Balaban J connectivity index is 2.50. The normalized spacial score (nSPS) is 22.6. The molecule has 0 aliphatic carbocycles. The van der Waals surface area contributed by atoms with Gasteiger partial charge in [-0.15, -0.1) is 0 Å². The smallest absolute Gasteiger partial charge is 0.331 e. The summed E-state index contributed by atoms with van der Waals surface area (Å²) in [6.45, 7) is 3.23. The van der Waals surface area contributed by atoms with Gasteiger partial charge in [-0.25, -0.2) is 9.59 Å². The molecule has 1 rings (SSSR count). The first-order chi connectivity index (χ1) is 9.31. The van der Waals surface area contributed by atoms with E-state index in [0.29, 0.717) is 6.08 Å². The van der Waals surface area contributed by atoms with Gasteiger partial charge < -0.3 is 20.5 Å². The van der Waals surface area contributed by atoms with Gasteiger partial charge in [-0.05, 0) is 5.92 Å². The number of nitrogens with one attached hydrogen (secondary N) is 2. The zero-order chi connectivity index (χ0) is 15.3. The molecule has 20 heavy (non-hydrogen) atoms. The lowest BCUT2D eigenvalue weighted by molar-refractivity contribution is -0.145. The van der Waals surface area contributed by atoms with Crippen LogP contribution in [0.15, 0.2) is 12.2 Å². The number of carbonyl (C=O) groups excluding carboxylic acids is 3. The van der Waals surface area contributed by atoms with E-state index in [2.05, 4.69) is 15.4 Å². The van der Waals surface area contributed by atoms with E-state index >= 15 is 0 Å². The second-order valence-electron chi connectivity index (χ2n) is 4.59. The van der Waals surface area contributed by atoms with Gasteiger partial charge >= 0.3 is 11.9 Å². The first-order valence-corrected chi connectivity index (χ1v) is 5.99. The number of esters is 1. The molecular formula is C12H16N2O6. The predicted molar refractivity (Wildman–Crippen MR) is 66.4 cm³/mol. The molecule has 0 aromatic carbocycles. The third-order valence-electron chi connectivity index (χ3n) is 2.63. The lowest BCUT2D eigenvalue weighted by atomic mass is 10.00. The van der Waals surface area contributed by atoms with Crippen LogP contribution in [-0.2, 0) is 23.9 Å². The van der Waals surface area contributed by atoms with Crippen molar-refractivity contribution in [3.63, 3.8) is 0 Å². The summed E-state index contributed by atoms with van der Waals surface area (Å²) in [5.41, 5.74) is 0. The number of carboxylic acids is 1. The standard InChI is InChI=1S/C12H16N2O6/c1-6(2)10-12(19)13-7(11(18)14-10)5-20-9(17)4-3-8(15)16/h3-4,6-7,10H,5H2,1-2H3,(H,13,19)(H,14,18)(H,15,16)/b4-3+/t7-,10-/m0/s1. The highest BCUT2D eigenvalue weighted by Gasteiger charge is 2.35. The molecule has 110 valence electrons. The molecule has 1 aliphatic rings. The molecule has 0 aromatic rings. The summed E-state index contributed by atoms with van der Waals surface area (Å²) in [5, 5.41) is 13.3. The lowest BCUT2D eigenvalue weighted by Gasteiger charge is -2.31. The molecule has 8 heteroatoms. The molecule has 2 amide bonds. The molecule has 1 heterocycles. The third-order valence-corrected chi connectivity index (χ3v) is 2.63. The zero-order valence-corrected chi connectivity index (χ0v) is 11.1. The minimum atomic E-state index is -1.29. The Hall–Kier alpha value is -2.38. The molecule has 0 spiro atoms. The largest absolute Gasteiger partial charge is 0.478 e. The van der Waals surface area contributed by atoms with Crippen LogP contribution in [0.25, 0.3) is 0 Å². The van der Waals surface area contributed by atoms with Crippen molar-refractivity contribution in [1.29, 1.82) is 0 Å². The first-order valence-electron chi connectivity index (χ1n) is 5.99. The number of rotatable bonds is 5. The Bertz CT molecular complexity index is 457. The van der Waals surface area contributed by atoms with E-state index in [-0.39, 0.29) is 18.4 Å². The van der Waals surface area contributed by atoms with Crippen molar-refractivity contribution in [3.05, 3.63) is 12.2 Å². The number of carboxylic acid groups (broad SMARTS) is 1. The second-order valence-corrected chi connectivity index (χ2v) is 4.59. The number of ether oxygens (including phenoxy) is 1. The number of amides is 2. The van der Waals surface area contributed by atoms with Crippen LogP contribution in [-0.4, -0.2) is 47.6 Å². The summed E-state index contributed by atoms with van der Waals surface area (Å²) >= 11 is 0. The zero-order valence-electron chi connectivity index (χ0n) is 11.1. The van der Waals surface area contributed by atoms with E-state index in [1.807, 2.05) is 0 Å². The van der Waals surface area contributed by atoms with Crippen LogP contribution < -0.4 is 10.6 Å². The number of piperazine rings is 1. The Kier molecular flexibility index (Phi) is 5.24. The van der Waals surface area contributed by atoms with E-state index in [9.17, 15) is 19.2 Å². The highest BCUT2D eigenvalue weighted by Crippen LogP contribution is 2.07. The predicted octanol–water partition coefficient (Wildman–Crippen LogP) is -1.19. The Morgan fingerprint density at radius 1 is 1.25 bits per heavy atom. The van der Waals surface area contributed by atoms with Crippen LogP contribution >= 0.6 is 0 Å². The maximum atomic E-state index is 11.7. The fourth-order valence-corrected chi connectivity index (χ4v) is 1.59. The highest BCUT2D eigenvalue weighted by atomic mass is 16.5. The highest BCUT2D eigenvalue weighted by molar-refractivity contribution is 5.97. The molecule has 2 atom stereocenters. The van der Waals surface area contributed by atoms with Gasteiger partial charge in [0, 0.05) is 12.2 Å². The first kappa shape index (κ1) is 15.7. The quantitative estimate of drug-likeness (QED) is 0.431. The van der Waals surface area contributed by atoms with Crippen LogP contribution in [0.4, 0.5) is 0 Å². The monoisotopic (exact) mass is 284 g/mol. The number of hydrogen-bond acceptors (Lipinski definition) is 5. The van der Waals surface area contributed by atoms with E-state index in [1.165, 1.54) is 0 Å². The van der Waals surface area contributed by atoms with Gasteiger partial charge in [-0.1, -0.05) is 13.8 Å². The SMILES string of the molecule is CC(C)[C@@H]1NC(=O)[C@H](COC(=O)/C=C/C(=O)O)NC1=O. The van der Waals surface area contributed by atoms with Gasteiger partial charge in [0.15, 0.2) is 0 Å². The van der Waals surface area contributed by atoms with Crippen LogP contribution in [0.3, 0.4) is 0 Å². The van der Waals surface area contributed by atoms with Crippen molar-refractivity contribution in [2.45, 2.75) is 25.9 Å². The van der Waals surface area contributed by atoms with Gasteiger partial charge in [0.1, 0.15) is 18.7 Å². The van der Waals surface area contributed by atoms with Crippen LogP contribution in [0.2, 0.25) is 0 Å². The fraction of sp³-hybridized carbons (Fsp3) is 0.500. The lowest BCUT2D eigenvalue weighted by Crippen LogP contribution is -2.64. The summed E-state index contributed by atoms with van der Waals surface area (Å²) < 4.78 is 4.68. The van der Waals surface area contributed by atoms with Crippen molar-refractivity contribution in [1.82, 2.24) is 10.6 Å². The van der Waals surface area contributed by atoms with E-state index < -0.39 is 29.9 Å². The molecule has 0 radical (unpaired) electrons. The van der Waals surface area contributed by atoms with Crippen LogP contribution in [0.1, 0.15) is 13.8 Å². The van der Waals surface area contributed by atoms with Crippen molar-refractivity contribution in [2.75, 3.05) is 6.61 Å². The summed E-state index contributed by atoms with van der Waals surface area (Å²) in [4.78, 5) is 44.7. The molecular weight excluding hydrogens is 268 g/mol. The molecule has 0 aromatic heterocycles. The van der Waals surface area contributed by atoms with Crippen molar-refractivity contribution in [3.8, 4) is 0 Å². The number of carbonyl (C=O) groups is 4. The molecule has 0 bridgehead atoms. The average Bonchev–Trinajstić information content (AvgIpc) is 2.36. The van der Waals surface area contributed by atoms with Gasteiger partial charge in [0.2, 0.25) is 11.8 Å². The Morgan fingerprint density at radius 2 is 1.90 bits per heavy atom.